The lowest BCUT2D eigenvalue weighted by molar-refractivity contribution is 0.477. The Morgan fingerprint density at radius 3 is 2.33 bits per heavy atom. The van der Waals surface area contributed by atoms with Gasteiger partial charge in [0.1, 0.15) is 11.4 Å². The second-order valence-electron chi connectivity index (χ2n) is 5.99. The van der Waals surface area contributed by atoms with Crippen molar-refractivity contribution in [1.29, 1.82) is 0 Å². The quantitative estimate of drug-likeness (QED) is 0.370. The normalized spacial score (nSPS) is 12.2. The highest BCUT2D eigenvalue weighted by atomic mass is 32.2. The first-order valence-electron chi connectivity index (χ1n) is 8.06. The van der Waals surface area contributed by atoms with Gasteiger partial charge < -0.3 is 5.11 Å². The summed E-state index contributed by atoms with van der Waals surface area (Å²) in [6.45, 7) is 0. The number of rotatable bonds is 3. The summed E-state index contributed by atoms with van der Waals surface area (Å²) in [7, 11) is -4.31. The predicted molar refractivity (Wildman–Crippen MR) is 104 cm³/mol. The van der Waals surface area contributed by atoms with Gasteiger partial charge in [-0.25, -0.2) is 0 Å². The third-order valence-corrected chi connectivity index (χ3v) is 5.11. The van der Waals surface area contributed by atoms with E-state index in [-0.39, 0.29) is 16.3 Å². The molecular formula is C20H14N2O4S. The van der Waals surface area contributed by atoms with Crippen LogP contribution in [-0.4, -0.2) is 18.1 Å². The average molecular weight is 378 g/mol. The van der Waals surface area contributed by atoms with Crippen molar-refractivity contribution in [2.75, 3.05) is 0 Å². The standard InChI is InChI=1S/C20H14N2O4S/c23-19-11-8-14-12-15(27(24,25)26)9-10-17(14)20(19)22-21-18-7-3-5-13-4-1-2-6-16(13)18/h1-12,23H,(H,24,25,26)/b22-21+. The molecule has 0 radical (unpaired) electrons. The van der Waals surface area contributed by atoms with Crippen LogP contribution in [0.15, 0.2) is 87.9 Å². The minimum atomic E-state index is -4.31. The van der Waals surface area contributed by atoms with Crippen LogP contribution in [0.3, 0.4) is 0 Å². The summed E-state index contributed by atoms with van der Waals surface area (Å²) in [6.07, 6.45) is 0. The molecule has 0 spiro atoms. The van der Waals surface area contributed by atoms with Gasteiger partial charge in [-0.2, -0.15) is 8.42 Å². The van der Waals surface area contributed by atoms with Gasteiger partial charge in [0, 0.05) is 10.8 Å². The van der Waals surface area contributed by atoms with Gasteiger partial charge >= 0.3 is 0 Å². The zero-order valence-electron chi connectivity index (χ0n) is 13.9. The maximum Gasteiger partial charge on any atom is 0.294 e. The number of phenolic OH excluding ortho intramolecular Hbond substituents is 1. The van der Waals surface area contributed by atoms with Crippen molar-refractivity contribution >= 4 is 43.0 Å². The van der Waals surface area contributed by atoms with Crippen molar-refractivity contribution in [3.8, 4) is 5.75 Å². The molecule has 0 atom stereocenters. The van der Waals surface area contributed by atoms with Gasteiger partial charge in [0.15, 0.2) is 0 Å². The third-order valence-electron chi connectivity index (χ3n) is 4.26. The molecule has 0 aliphatic rings. The Balaban J connectivity index is 1.86. The molecule has 0 aromatic heterocycles. The molecule has 4 aromatic carbocycles. The van der Waals surface area contributed by atoms with Crippen molar-refractivity contribution in [3.63, 3.8) is 0 Å². The zero-order valence-corrected chi connectivity index (χ0v) is 14.8. The smallest absolute Gasteiger partial charge is 0.294 e. The molecule has 0 aliphatic heterocycles. The Morgan fingerprint density at radius 2 is 1.52 bits per heavy atom. The van der Waals surface area contributed by atoms with Gasteiger partial charge in [0.05, 0.1) is 10.6 Å². The zero-order chi connectivity index (χ0) is 19.0. The van der Waals surface area contributed by atoms with E-state index in [1.54, 1.807) is 6.07 Å². The number of nitrogens with zero attached hydrogens (tertiary/aromatic N) is 2. The molecule has 0 aliphatic carbocycles. The maximum absolute atomic E-state index is 11.3. The molecule has 4 aromatic rings. The van der Waals surface area contributed by atoms with E-state index in [0.717, 1.165) is 10.8 Å². The van der Waals surface area contributed by atoms with E-state index >= 15 is 0 Å². The molecule has 0 saturated carbocycles. The molecule has 27 heavy (non-hydrogen) atoms. The Bertz CT molecular complexity index is 1310. The van der Waals surface area contributed by atoms with Gasteiger partial charge in [-0.3, -0.25) is 4.55 Å². The minimum Gasteiger partial charge on any atom is -0.506 e. The van der Waals surface area contributed by atoms with Crippen molar-refractivity contribution in [2.45, 2.75) is 4.90 Å². The van der Waals surface area contributed by atoms with Crippen LogP contribution in [0, 0.1) is 0 Å². The summed E-state index contributed by atoms with van der Waals surface area (Å²) >= 11 is 0. The van der Waals surface area contributed by atoms with Crippen molar-refractivity contribution in [2.24, 2.45) is 10.2 Å². The lowest BCUT2D eigenvalue weighted by Crippen LogP contribution is -1.97. The van der Waals surface area contributed by atoms with Gasteiger partial charge in [0.2, 0.25) is 0 Å². The summed E-state index contributed by atoms with van der Waals surface area (Å²) in [5.74, 6) is -0.0777. The number of aromatic hydroxyl groups is 1. The first-order valence-corrected chi connectivity index (χ1v) is 9.50. The highest BCUT2D eigenvalue weighted by molar-refractivity contribution is 7.85. The Morgan fingerprint density at radius 1 is 0.741 bits per heavy atom. The monoisotopic (exact) mass is 378 g/mol. The van der Waals surface area contributed by atoms with Crippen LogP contribution < -0.4 is 0 Å². The molecule has 6 nitrogen and oxygen atoms in total. The molecule has 7 heteroatoms. The molecule has 0 heterocycles. The molecule has 0 amide bonds. The van der Waals surface area contributed by atoms with Gasteiger partial charge in [-0.1, -0.05) is 48.5 Å². The van der Waals surface area contributed by atoms with Crippen molar-refractivity contribution < 1.29 is 18.1 Å². The first kappa shape index (κ1) is 17.1. The van der Waals surface area contributed by atoms with E-state index in [1.165, 1.54) is 24.3 Å². The molecule has 2 N–H and O–H groups in total. The van der Waals surface area contributed by atoms with Crippen molar-refractivity contribution in [1.82, 2.24) is 0 Å². The molecule has 0 fully saturated rings. The Kier molecular flexibility index (Phi) is 4.10. The number of hydrogen-bond donors (Lipinski definition) is 2. The van der Waals surface area contributed by atoms with Crippen LogP contribution >= 0.6 is 0 Å². The van der Waals surface area contributed by atoms with Crippen molar-refractivity contribution in [3.05, 3.63) is 72.8 Å². The first-order chi connectivity index (χ1) is 12.9. The fraction of sp³-hybridized carbons (Fsp3) is 0. The SMILES string of the molecule is O=S(=O)(O)c1ccc2c(/N=N/c3cccc4ccccc34)c(O)ccc2c1. The van der Waals surface area contributed by atoms with Crippen LogP contribution in [0.1, 0.15) is 0 Å². The van der Waals surface area contributed by atoms with E-state index in [0.29, 0.717) is 16.5 Å². The van der Waals surface area contributed by atoms with Gasteiger partial charge in [-0.05, 0) is 35.0 Å². The van der Waals surface area contributed by atoms with E-state index in [4.69, 9.17) is 0 Å². The summed E-state index contributed by atoms with van der Waals surface area (Å²) in [5, 5.41) is 21.7. The second kappa shape index (κ2) is 6.46. The number of azo groups is 1. The Hall–Kier alpha value is -3.29. The van der Waals surface area contributed by atoms with Crippen LogP contribution in [0.4, 0.5) is 11.4 Å². The van der Waals surface area contributed by atoms with Gasteiger partial charge in [-0.15, -0.1) is 10.2 Å². The highest BCUT2D eigenvalue weighted by Gasteiger charge is 2.13. The fourth-order valence-electron chi connectivity index (χ4n) is 2.94. The van der Waals surface area contributed by atoms with E-state index in [2.05, 4.69) is 10.2 Å². The number of phenols is 1. The van der Waals surface area contributed by atoms with Crippen LogP contribution in [0.25, 0.3) is 21.5 Å². The number of fused-ring (bicyclic) bond motifs is 2. The third kappa shape index (κ3) is 3.25. The summed E-state index contributed by atoms with van der Waals surface area (Å²) in [5.41, 5.74) is 0.876. The fourth-order valence-corrected chi connectivity index (χ4v) is 3.46. The number of hydrogen-bond acceptors (Lipinski definition) is 5. The lowest BCUT2D eigenvalue weighted by Gasteiger charge is -2.06. The highest BCUT2D eigenvalue weighted by Crippen LogP contribution is 2.37. The topological polar surface area (TPSA) is 99.3 Å². The molecule has 4 rings (SSSR count). The second-order valence-corrected chi connectivity index (χ2v) is 7.41. The molecule has 0 bridgehead atoms. The van der Waals surface area contributed by atoms with Gasteiger partial charge in [0.25, 0.3) is 10.1 Å². The number of benzene rings is 4. The minimum absolute atomic E-state index is 0.0777. The van der Waals surface area contributed by atoms with E-state index in [9.17, 15) is 18.1 Å². The van der Waals surface area contributed by atoms with Crippen LogP contribution in [0.2, 0.25) is 0 Å². The molecular weight excluding hydrogens is 364 g/mol. The molecule has 0 saturated heterocycles. The Labute approximate surface area is 155 Å². The maximum atomic E-state index is 11.3. The van der Waals surface area contributed by atoms with E-state index < -0.39 is 10.1 Å². The van der Waals surface area contributed by atoms with Crippen LogP contribution in [0.5, 0.6) is 5.75 Å². The summed E-state index contributed by atoms with van der Waals surface area (Å²) in [4.78, 5) is -0.224. The lowest BCUT2D eigenvalue weighted by atomic mass is 10.1. The largest absolute Gasteiger partial charge is 0.506 e. The average Bonchev–Trinajstić information content (AvgIpc) is 2.66. The van der Waals surface area contributed by atoms with Crippen LogP contribution in [-0.2, 0) is 10.1 Å². The molecule has 134 valence electrons. The summed E-state index contributed by atoms with van der Waals surface area (Å²) in [6, 6.07) is 20.4. The summed E-state index contributed by atoms with van der Waals surface area (Å²) < 4.78 is 31.9. The predicted octanol–water partition coefficient (Wildman–Crippen LogP) is 5.36. The van der Waals surface area contributed by atoms with E-state index in [1.807, 2.05) is 42.5 Å². The molecule has 0 unspecified atom stereocenters.